The summed E-state index contributed by atoms with van der Waals surface area (Å²) in [7, 11) is 1.63. The standard InChI is InChI=1S/C17H29N3O2S/c1-4-18-17(19-11-5-6-12-23-3)20-13-16(21)14-7-9-15(22-2)10-8-14/h7-10,16,21H,4-6,11-13H2,1-3H3,(H2,18,19,20). The highest BCUT2D eigenvalue weighted by Gasteiger charge is 2.07. The molecule has 1 aromatic rings. The van der Waals surface area contributed by atoms with Crippen LogP contribution in [0.4, 0.5) is 0 Å². The zero-order chi connectivity index (χ0) is 16.9. The van der Waals surface area contributed by atoms with E-state index in [1.165, 1.54) is 12.2 Å². The highest BCUT2D eigenvalue weighted by Crippen LogP contribution is 2.17. The lowest BCUT2D eigenvalue weighted by molar-refractivity contribution is 0.187. The molecule has 0 saturated heterocycles. The minimum absolute atomic E-state index is 0.326. The van der Waals surface area contributed by atoms with Gasteiger partial charge in [-0.1, -0.05) is 12.1 Å². The number of aliphatic hydroxyl groups excluding tert-OH is 1. The second kappa shape index (κ2) is 12.1. The average Bonchev–Trinajstić information content (AvgIpc) is 2.59. The summed E-state index contributed by atoms with van der Waals surface area (Å²) in [6.45, 7) is 4.05. The van der Waals surface area contributed by atoms with Crippen molar-refractivity contribution in [1.82, 2.24) is 10.6 Å². The fourth-order valence-electron chi connectivity index (χ4n) is 2.03. The van der Waals surface area contributed by atoms with Gasteiger partial charge < -0.3 is 20.5 Å². The minimum atomic E-state index is -0.618. The number of guanidine groups is 1. The van der Waals surface area contributed by atoms with Crippen molar-refractivity contribution in [3.05, 3.63) is 29.8 Å². The summed E-state index contributed by atoms with van der Waals surface area (Å²) >= 11 is 1.87. The first-order valence-corrected chi connectivity index (χ1v) is 9.43. The molecule has 0 aliphatic heterocycles. The summed E-state index contributed by atoms with van der Waals surface area (Å²) in [5.74, 6) is 2.72. The lowest BCUT2D eigenvalue weighted by Crippen LogP contribution is -2.38. The highest BCUT2D eigenvalue weighted by molar-refractivity contribution is 7.98. The van der Waals surface area contributed by atoms with Crippen LogP contribution in [0, 0.1) is 0 Å². The van der Waals surface area contributed by atoms with Crippen molar-refractivity contribution in [2.75, 3.05) is 38.8 Å². The third kappa shape index (κ3) is 8.13. The smallest absolute Gasteiger partial charge is 0.191 e. The number of aliphatic imine (C=N–C) groups is 1. The third-order valence-corrected chi connectivity index (χ3v) is 4.03. The number of aliphatic hydroxyl groups is 1. The van der Waals surface area contributed by atoms with E-state index in [-0.39, 0.29) is 0 Å². The van der Waals surface area contributed by atoms with Gasteiger partial charge in [-0.15, -0.1) is 0 Å². The molecule has 130 valence electrons. The fraction of sp³-hybridized carbons (Fsp3) is 0.588. The fourth-order valence-corrected chi connectivity index (χ4v) is 2.52. The molecule has 0 aliphatic rings. The maximum Gasteiger partial charge on any atom is 0.191 e. The third-order valence-electron chi connectivity index (χ3n) is 3.33. The number of nitrogens with zero attached hydrogens (tertiary/aromatic N) is 1. The lowest BCUT2D eigenvalue weighted by Gasteiger charge is -2.13. The molecule has 1 rings (SSSR count). The molecule has 6 heteroatoms. The second-order valence-corrected chi connectivity index (χ2v) is 6.12. The van der Waals surface area contributed by atoms with Crippen molar-refractivity contribution in [2.24, 2.45) is 4.99 Å². The number of ether oxygens (including phenoxy) is 1. The molecule has 0 bridgehead atoms. The van der Waals surface area contributed by atoms with E-state index in [0.29, 0.717) is 6.54 Å². The molecule has 0 aromatic heterocycles. The summed E-state index contributed by atoms with van der Waals surface area (Å²) in [5, 5.41) is 16.7. The molecule has 1 aromatic carbocycles. The Morgan fingerprint density at radius 1 is 1.26 bits per heavy atom. The van der Waals surface area contributed by atoms with Gasteiger partial charge in [-0.05, 0) is 49.5 Å². The van der Waals surface area contributed by atoms with E-state index in [4.69, 9.17) is 4.74 Å². The molecular weight excluding hydrogens is 310 g/mol. The first kappa shape index (κ1) is 19.6. The Hall–Kier alpha value is -1.40. The van der Waals surface area contributed by atoms with E-state index in [9.17, 15) is 5.11 Å². The Morgan fingerprint density at radius 3 is 2.61 bits per heavy atom. The van der Waals surface area contributed by atoms with Crippen molar-refractivity contribution >= 4 is 17.7 Å². The number of hydrogen-bond donors (Lipinski definition) is 3. The Morgan fingerprint density at radius 2 is 2.00 bits per heavy atom. The molecule has 23 heavy (non-hydrogen) atoms. The van der Waals surface area contributed by atoms with Crippen LogP contribution < -0.4 is 15.4 Å². The number of unbranched alkanes of at least 4 members (excludes halogenated alkanes) is 1. The quantitative estimate of drug-likeness (QED) is 0.347. The van der Waals surface area contributed by atoms with Crippen LogP contribution in [0.3, 0.4) is 0 Å². The molecule has 0 saturated carbocycles. The van der Waals surface area contributed by atoms with Crippen molar-refractivity contribution < 1.29 is 9.84 Å². The van der Waals surface area contributed by atoms with E-state index in [1.54, 1.807) is 7.11 Å². The molecule has 3 N–H and O–H groups in total. The Kier molecular flexibility index (Phi) is 10.3. The van der Waals surface area contributed by atoms with Crippen LogP contribution in [-0.2, 0) is 0 Å². The predicted molar refractivity (Wildman–Crippen MR) is 99.6 cm³/mol. The average molecular weight is 340 g/mol. The molecule has 0 amide bonds. The number of nitrogens with one attached hydrogen (secondary N) is 2. The first-order chi connectivity index (χ1) is 11.2. The Balaban J connectivity index is 2.47. The molecule has 1 unspecified atom stereocenters. The molecule has 0 aliphatic carbocycles. The van der Waals surface area contributed by atoms with Crippen LogP contribution >= 0.6 is 11.8 Å². The minimum Gasteiger partial charge on any atom is -0.497 e. The van der Waals surface area contributed by atoms with Crippen molar-refractivity contribution in [3.8, 4) is 5.75 Å². The van der Waals surface area contributed by atoms with Crippen molar-refractivity contribution in [3.63, 3.8) is 0 Å². The predicted octanol–water partition coefficient (Wildman–Crippen LogP) is 2.43. The molecule has 0 fully saturated rings. The van der Waals surface area contributed by atoms with E-state index in [0.717, 1.165) is 36.8 Å². The van der Waals surface area contributed by atoms with Gasteiger partial charge in [-0.2, -0.15) is 11.8 Å². The molecule has 0 radical (unpaired) electrons. The van der Waals surface area contributed by atoms with Gasteiger partial charge in [-0.25, -0.2) is 0 Å². The molecule has 5 nitrogen and oxygen atoms in total. The molecule has 0 spiro atoms. The van der Waals surface area contributed by atoms with Crippen LogP contribution in [0.25, 0.3) is 0 Å². The van der Waals surface area contributed by atoms with Gasteiger partial charge in [0.2, 0.25) is 0 Å². The van der Waals surface area contributed by atoms with Gasteiger partial charge in [0.25, 0.3) is 0 Å². The number of benzene rings is 1. The van der Waals surface area contributed by atoms with Gasteiger partial charge >= 0.3 is 0 Å². The van der Waals surface area contributed by atoms with Crippen LogP contribution in [-0.4, -0.2) is 49.8 Å². The lowest BCUT2D eigenvalue weighted by atomic mass is 10.1. The number of methoxy groups -OCH3 is 1. The maximum absolute atomic E-state index is 10.2. The number of thioether (sulfide) groups is 1. The second-order valence-electron chi connectivity index (χ2n) is 5.14. The van der Waals surface area contributed by atoms with Crippen LogP contribution in [0.1, 0.15) is 31.4 Å². The normalized spacial score (nSPS) is 12.8. The zero-order valence-electron chi connectivity index (χ0n) is 14.3. The summed E-state index contributed by atoms with van der Waals surface area (Å²) < 4.78 is 5.12. The van der Waals surface area contributed by atoms with E-state index in [2.05, 4.69) is 21.9 Å². The summed E-state index contributed by atoms with van der Waals surface area (Å²) in [4.78, 5) is 4.46. The molecule has 0 heterocycles. The summed E-state index contributed by atoms with van der Waals surface area (Å²) in [6.07, 6.45) is 3.82. The Labute approximate surface area is 143 Å². The van der Waals surface area contributed by atoms with Gasteiger partial charge in [-0.3, -0.25) is 4.99 Å². The van der Waals surface area contributed by atoms with E-state index >= 15 is 0 Å². The largest absolute Gasteiger partial charge is 0.497 e. The van der Waals surface area contributed by atoms with Gasteiger partial charge in [0.1, 0.15) is 5.75 Å². The molecular formula is C17H29N3O2S. The van der Waals surface area contributed by atoms with Crippen molar-refractivity contribution in [1.29, 1.82) is 0 Å². The Bertz CT molecular complexity index is 452. The van der Waals surface area contributed by atoms with E-state index < -0.39 is 6.10 Å². The highest BCUT2D eigenvalue weighted by atomic mass is 32.2. The number of rotatable bonds is 10. The van der Waals surface area contributed by atoms with Gasteiger partial charge in [0, 0.05) is 13.1 Å². The van der Waals surface area contributed by atoms with E-state index in [1.807, 2.05) is 43.0 Å². The first-order valence-electron chi connectivity index (χ1n) is 8.04. The monoisotopic (exact) mass is 339 g/mol. The summed E-state index contributed by atoms with van der Waals surface area (Å²) in [5.41, 5.74) is 0.838. The topological polar surface area (TPSA) is 65.9 Å². The molecule has 1 atom stereocenters. The summed E-state index contributed by atoms with van der Waals surface area (Å²) in [6, 6.07) is 7.42. The van der Waals surface area contributed by atoms with Crippen LogP contribution in [0.15, 0.2) is 29.3 Å². The van der Waals surface area contributed by atoms with Gasteiger partial charge in [0.15, 0.2) is 5.96 Å². The maximum atomic E-state index is 10.2. The van der Waals surface area contributed by atoms with Gasteiger partial charge in [0.05, 0.1) is 19.8 Å². The number of hydrogen-bond acceptors (Lipinski definition) is 4. The zero-order valence-corrected chi connectivity index (χ0v) is 15.2. The SMILES string of the molecule is CCNC(=NCC(O)c1ccc(OC)cc1)NCCCCSC. The van der Waals surface area contributed by atoms with Crippen LogP contribution in [0.2, 0.25) is 0 Å². The van der Waals surface area contributed by atoms with Crippen LogP contribution in [0.5, 0.6) is 5.75 Å². The van der Waals surface area contributed by atoms with Crippen molar-refractivity contribution in [2.45, 2.75) is 25.9 Å².